The van der Waals surface area contributed by atoms with Crippen molar-refractivity contribution in [3.05, 3.63) is 72.9 Å². The zero-order chi connectivity index (χ0) is 18.2. The van der Waals surface area contributed by atoms with Crippen molar-refractivity contribution in [1.29, 1.82) is 0 Å². The molecule has 5 nitrogen and oxygen atoms in total. The summed E-state index contributed by atoms with van der Waals surface area (Å²) in [5.74, 6) is 0.609. The van der Waals surface area contributed by atoms with Gasteiger partial charge in [0.2, 0.25) is 0 Å². The molecule has 0 saturated carbocycles. The van der Waals surface area contributed by atoms with Gasteiger partial charge in [-0.2, -0.15) is 4.37 Å². The lowest BCUT2D eigenvalue weighted by Crippen LogP contribution is -2.00. The Morgan fingerprint density at radius 1 is 0.963 bits per heavy atom. The van der Waals surface area contributed by atoms with E-state index in [-0.39, 0.29) is 11.3 Å². The van der Waals surface area contributed by atoms with Gasteiger partial charge in [-0.3, -0.25) is 4.98 Å². The van der Waals surface area contributed by atoms with E-state index >= 15 is 0 Å². The van der Waals surface area contributed by atoms with Crippen LogP contribution in [-0.2, 0) is 0 Å². The second-order valence-electron chi connectivity index (χ2n) is 5.97. The number of fused-ring (bicyclic) bond motifs is 2. The minimum absolute atomic E-state index is 0.278. The van der Waals surface area contributed by atoms with Gasteiger partial charge in [-0.05, 0) is 54.0 Å². The summed E-state index contributed by atoms with van der Waals surface area (Å²) in [6, 6.07) is 14.4. The lowest BCUT2D eigenvalue weighted by atomic mass is 10.2. The Bertz CT molecular complexity index is 1270. The number of pyridine rings is 1. The Hall–Kier alpha value is -3.45. The predicted octanol–water partition coefficient (Wildman–Crippen LogP) is 5.18. The van der Waals surface area contributed by atoms with Gasteiger partial charge in [0, 0.05) is 40.6 Å². The first-order valence-electron chi connectivity index (χ1n) is 8.26. The van der Waals surface area contributed by atoms with Crippen molar-refractivity contribution < 1.29 is 4.39 Å². The third-order valence-electron chi connectivity index (χ3n) is 4.23. The van der Waals surface area contributed by atoms with Crippen molar-refractivity contribution in [1.82, 2.24) is 19.3 Å². The molecule has 5 rings (SSSR count). The molecule has 0 bridgehead atoms. The summed E-state index contributed by atoms with van der Waals surface area (Å²) in [5.41, 5.74) is 1.91. The van der Waals surface area contributed by atoms with E-state index in [2.05, 4.69) is 24.6 Å². The molecule has 0 aliphatic rings. The third kappa shape index (κ3) is 2.88. The van der Waals surface area contributed by atoms with Gasteiger partial charge in [0.05, 0.1) is 4.70 Å². The summed E-state index contributed by atoms with van der Waals surface area (Å²) in [6.07, 6.45) is 5.16. The van der Waals surface area contributed by atoms with Crippen LogP contribution < -0.4 is 5.32 Å². The molecule has 7 heteroatoms. The van der Waals surface area contributed by atoms with Crippen LogP contribution in [0.4, 0.5) is 15.9 Å². The minimum atomic E-state index is -0.383. The number of anilines is 2. The van der Waals surface area contributed by atoms with E-state index in [1.165, 1.54) is 17.6 Å². The van der Waals surface area contributed by atoms with Crippen LogP contribution in [0.15, 0.2) is 67.1 Å². The second-order valence-corrected chi connectivity index (χ2v) is 6.80. The topological polar surface area (TPSA) is 63.6 Å². The van der Waals surface area contributed by atoms with E-state index < -0.39 is 0 Å². The normalized spacial score (nSPS) is 11.1. The SMILES string of the molecule is Fc1cccc2c(Nc3ccc4cnsc4c3)nc(-c3ccncc3)nc12. The number of para-hydroxylation sites is 1. The van der Waals surface area contributed by atoms with Crippen LogP contribution in [0.2, 0.25) is 0 Å². The highest BCUT2D eigenvalue weighted by Gasteiger charge is 2.13. The molecule has 0 saturated heterocycles. The van der Waals surface area contributed by atoms with Gasteiger partial charge >= 0.3 is 0 Å². The number of rotatable bonds is 3. The summed E-state index contributed by atoms with van der Waals surface area (Å²) < 4.78 is 19.7. The number of benzene rings is 2. The fraction of sp³-hybridized carbons (Fsp3) is 0. The first kappa shape index (κ1) is 15.8. The molecule has 0 aliphatic heterocycles. The van der Waals surface area contributed by atoms with Crippen molar-refractivity contribution in [3.8, 4) is 11.4 Å². The number of aromatic nitrogens is 4. The molecule has 3 heterocycles. The summed E-state index contributed by atoms with van der Waals surface area (Å²) in [6.45, 7) is 0. The van der Waals surface area contributed by atoms with Gasteiger partial charge in [-0.25, -0.2) is 14.4 Å². The average Bonchev–Trinajstić information content (AvgIpc) is 3.17. The van der Waals surface area contributed by atoms with Gasteiger partial charge in [0.25, 0.3) is 0 Å². The summed E-state index contributed by atoms with van der Waals surface area (Å²) in [7, 11) is 0. The molecule has 0 aliphatic carbocycles. The Labute approximate surface area is 157 Å². The van der Waals surface area contributed by atoms with Crippen LogP contribution in [0.1, 0.15) is 0 Å². The zero-order valence-corrected chi connectivity index (χ0v) is 14.7. The fourth-order valence-electron chi connectivity index (χ4n) is 2.92. The molecule has 0 radical (unpaired) electrons. The Morgan fingerprint density at radius 3 is 2.74 bits per heavy atom. The summed E-state index contributed by atoms with van der Waals surface area (Å²) >= 11 is 1.43. The monoisotopic (exact) mass is 373 g/mol. The number of hydrogen-bond acceptors (Lipinski definition) is 6. The van der Waals surface area contributed by atoms with Crippen LogP contribution in [0.3, 0.4) is 0 Å². The standard InChI is InChI=1S/C20H12FN5S/c21-16-3-1-2-15-18(16)25-19(12-6-8-22-9-7-12)26-20(15)24-14-5-4-13-11-23-27-17(13)10-14/h1-11H,(H,24,25,26). The summed E-state index contributed by atoms with van der Waals surface area (Å²) in [5, 5.41) is 5.02. The molecule has 2 aromatic carbocycles. The Kier molecular flexibility index (Phi) is 3.72. The Balaban J connectivity index is 1.68. The van der Waals surface area contributed by atoms with Crippen molar-refractivity contribution in [2.24, 2.45) is 0 Å². The first-order valence-corrected chi connectivity index (χ1v) is 9.03. The zero-order valence-electron chi connectivity index (χ0n) is 13.9. The van der Waals surface area contributed by atoms with Crippen LogP contribution >= 0.6 is 11.5 Å². The highest BCUT2D eigenvalue weighted by Crippen LogP contribution is 2.30. The molecule has 1 N–H and O–H groups in total. The van der Waals surface area contributed by atoms with Crippen molar-refractivity contribution >= 4 is 44.0 Å². The predicted molar refractivity (Wildman–Crippen MR) is 106 cm³/mol. The van der Waals surface area contributed by atoms with Gasteiger partial charge in [-0.15, -0.1) is 0 Å². The average molecular weight is 373 g/mol. The lowest BCUT2D eigenvalue weighted by Gasteiger charge is -2.11. The van der Waals surface area contributed by atoms with Crippen molar-refractivity contribution in [2.75, 3.05) is 5.32 Å². The number of hydrogen-bond donors (Lipinski definition) is 1. The fourth-order valence-corrected chi connectivity index (χ4v) is 3.60. The molecule has 0 amide bonds. The largest absolute Gasteiger partial charge is 0.340 e. The second kappa shape index (κ2) is 6.37. The van der Waals surface area contributed by atoms with Crippen molar-refractivity contribution in [3.63, 3.8) is 0 Å². The van der Waals surface area contributed by atoms with Gasteiger partial charge in [-0.1, -0.05) is 6.07 Å². The van der Waals surface area contributed by atoms with Crippen LogP contribution in [0, 0.1) is 5.82 Å². The van der Waals surface area contributed by atoms with E-state index in [1.807, 2.05) is 30.5 Å². The number of nitrogens with zero attached hydrogens (tertiary/aromatic N) is 4. The van der Waals surface area contributed by atoms with Crippen molar-refractivity contribution in [2.45, 2.75) is 0 Å². The molecular formula is C20H12FN5S. The quantitative estimate of drug-likeness (QED) is 0.472. The number of halogens is 1. The van der Waals surface area contributed by atoms with E-state index in [9.17, 15) is 4.39 Å². The first-order chi connectivity index (χ1) is 13.3. The highest BCUT2D eigenvalue weighted by atomic mass is 32.1. The third-order valence-corrected chi connectivity index (χ3v) is 5.00. The molecule has 130 valence electrons. The van der Waals surface area contributed by atoms with E-state index in [0.717, 1.165) is 21.3 Å². The minimum Gasteiger partial charge on any atom is -0.340 e. The molecule has 0 spiro atoms. The van der Waals surface area contributed by atoms with Gasteiger partial charge < -0.3 is 5.32 Å². The molecule has 0 atom stereocenters. The molecule has 5 aromatic rings. The maximum Gasteiger partial charge on any atom is 0.162 e. The Morgan fingerprint density at radius 2 is 1.85 bits per heavy atom. The smallest absolute Gasteiger partial charge is 0.162 e. The maximum absolute atomic E-state index is 14.4. The van der Waals surface area contributed by atoms with Crippen LogP contribution in [-0.4, -0.2) is 19.3 Å². The van der Waals surface area contributed by atoms with Crippen LogP contribution in [0.25, 0.3) is 32.4 Å². The molecular weight excluding hydrogens is 361 g/mol. The highest BCUT2D eigenvalue weighted by molar-refractivity contribution is 7.13. The maximum atomic E-state index is 14.4. The van der Waals surface area contributed by atoms with E-state index in [1.54, 1.807) is 30.6 Å². The molecule has 3 aromatic heterocycles. The molecule has 0 unspecified atom stereocenters. The van der Waals surface area contributed by atoms with Crippen LogP contribution in [0.5, 0.6) is 0 Å². The number of nitrogens with one attached hydrogen (secondary N) is 1. The van der Waals surface area contributed by atoms with Gasteiger partial charge in [0.15, 0.2) is 5.82 Å². The lowest BCUT2D eigenvalue weighted by molar-refractivity contribution is 0.636. The summed E-state index contributed by atoms with van der Waals surface area (Å²) in [4.78, 5) is 13.1. The molecule has 0 fully saturated rings. The van der Waals surface area contributed by atoms with E-state index in [4.69, 9.17) is 0 Å². The van der Waals surface area contributed by atoms with Gasteiger partial charge in [0.1, 0.15) is 17.2 Å². The molecule has 27 heavy (non-hydrogen) atoms. The van der Waals surface area contributed by atoms with E-state index in [0.29, 0.717) is 17.0 Å².